The first kappa shape index (κ1) is 22.9. The van der Waals surface area contributed by atoms with Crippen molar-refractivity contribution in [2.75, 3.05) is 10.6 Å². The van der Waals surface area contributed by atoms with E-state index < -0.39 is 12.1 Å². The summed E-state index contributed by atoms with van der Waals surface area (Å²) in [5.41, 5.74) is 2.62. The average molecular weight is 502 g/mol. The number of benzene rings is 2. The van der Waals surface area contributed by atoms with Crippen molar-refractivity contribution in [2.45, 2.75) is 33.2 Å². The molecule has 0 bridgehead atoms. The van der Waals surface area contributed by atoms with E-state index in [4.69, 9.17) is 0 Å². The molecule has 3 N–H and O–H groups in total. The minimum Gasteiger partial charge on any atom is -0.326 e. The lowest BCUT2D eigenvalue weighted by Gasteiger charge is -2.23. The van der Waals surface area contributed by atoms with E-state index in [2.05, 4.69) is 42.1 Å². The van der Waals surface area contributed by atoms with Crippen molar-refractivity contribution >= 4 is 50.0 Å². The van der Waals surface area contributed by atoms with Gasteiger partial charge in [-0.25, -0.2) is 4.79 Å². The highest BCUT2D eigenvalue weighted by atomic mass is 79.9. The lowest BCUT2D eigenvalue weighted by molar-refractivity contribution is -0.119. The summed E-state index contributed by atoms with van der Waals surface area (Å²) in [6, 6.07) is 14.0. The van der Waals surface area contributed by atoms with Crippen LogP contribution < -0.4 is 16.0 Å². The maximum Gasteiger partial charge on any atom is 0.319 e. The number of carbonyl (C=O) groups is 2. The van der Waals surface area contributed by atoms with Crippen molar-refractivity contribution in [3.8, 4) is 10.6 Å². The summed E-state index contributed by atoms with van der Waals surface area (Å²) in [5, 5.41) is 17.7. The Balaban J connectivity index is 1.67. The second-order valence-corrected chi connectivity index (χ2v) is 9.13. The van der Waals surface area contributed by atoms with E-state index in [1.54, 1.807) is 6.07 Å². The maximum absolute atomic E-state index is 12.9. The molecule has 2 atom stereocenters. The molecule has 9 heteroatoms. The molecule has 0 spiro atoms. The fourth-order valence-corrected chi connectivity index (χ4v) is 3.92. The molecule has 0 aliphatic heterocycles. The maximum atomic E-state index is 12.9. The summed E-state index contributed by atoms with van der Waals surface area (Å²) >= 11 is 4.69. The second-order valence-electron chi connectivity index (χ2n) is 7.24. The third kappa shape index (κ3) is 6.35. The highest BCUT2D eigenvalue weighted by molar-refractivity contribution is 9.10. The molecule has 0 saturated heterocycles. The molecule has 0 aliphatic carbocycles. The van der Waals surface area contributed by atoms with Gasteiger partial charge in [0.05, 0.1) is 0 Å². The Kier molecular flexibility index (Phi) is 7.75. The molecule has 2 unspecified atom stereocenters. The Morgan fingerprint density at radius 3 is 2.52 bits per heavy atom. The zero-order chi connectivity index (χ0) is 22.4. The van der Waals surface area contributed by atoms with Gasteiger partial charge in [0.15, 0.2) is 0 Å². The summed E-state index contributed by atoms with van der Waals surface area (Å²) in [4.78, 5) is 25.4. The van der Waals surface area contributed by atoms with Crippen molar-refractivity contribution in [1.29, 1.82) is 0 Å². The Bertz CT molecular complexity index is 1050. The largest absolute Gasteiger partial charge is 0.326 e. The number of amides is 3. The molecule has 3 rings (SSSR count). The molecule has 7 nitrogen and oxygen atoms in total. The van der Waals surface area contributed by atoms with E-state index in [9.17, 15) is 9.59 Å². The molecule has 0 saturated carbocycles. The first-order chi connectivity index (χ1) is 14.9. The molecule has 162 valence electrons. The summed E-state index contributed by atoms with van der Waals surface area (Å²) < 4.78 is 0.973. The highest BCUT2D eigenvalue weighted by Crippen LogP contribution is 2.27. The Labute approximate surface area is 193 Å². The summed E-state index contributed by atoms with van der Waals surface area (Å²) in [7, 11) is 0. The molecule has 3 amide bonds. The van der Waals surface area contributed by atoms with E-state index in [0.717, 1.165) is 22.0 Å². The molecule has 31 heavy (non-hydrogen) atoms. The molecule has 1 aromatic heterocycles. The monoisotopic (exact) mass is 501 g/mol. The van der Waals surface area contributed by atoms with Crippen LogP contribution in [0.5, 0.6) is 0 Å². The Morgan fingerprint density at radius 2 is 1.84 bits per heavy atom. The molecule has 0 fully saturated rings. The summed E-state index contributed by atoms with van der Waals surface area (Å²) in [6.07, 6.45) is 0.725. The standard InChI is InChI=1S/C22H24BrN5O2S/c1-4-14(3)18(25-21(30)24-17-7-5-6-13(2)12-17)19(29)26-22-28-27-20(31-22)15-8-10-16(23)11-9-15/h5-12,14,18H,4H2,1-3H3,(H2,24,25,30)(H,26,28,29). The van der Waals surface area contributed by atoms with Crippen LogP contribution in [0.2, 0.25) is 0 Å². The lowest BCUT2D eigenvalue weighted by atomic mass is 9.98. The third-order valence-electron chi connectivity index (χ3n) is 4.80. The van der Waals surface area contributed by atoms with Crippen LogP contribution in [0.25, 0.3) is 10.6 Å². The van der Waals surface area contributed by atoms with Crippen LogP contribution in [-0.2, 0) is 4.79 Å². The SMILES string of the molecule is CCC(C)C(NC(=O)Nc1cccc(C)c1)C(=O)Nc1nnc(-c2ccc(Br)cc2)s1. The number of aryl methyl sites for hydroxylation is 1. The van der Waals surface area contributed by atoms with Crippen molar-refractivity contribution in [3.05, 3.63) is 58.6 Å². The Hall–Kier alpha value is -2.78. The van der Waals surface area contributed by atoms with Crippen LogP contribution >= 0.6 is 27.3 Å². The quantitative estimate of drug-likeness (QED) is 0.400. The van der Waals surface area contributed by atoms with Gasteiger partial charge in [0.2, 0.25) is 11.0 Å². The van der Waals surface area contributed by atoms with Crippen LogP contribution in [-0.4, -0.2) is 28.2 Å². The first-order valence-corrected chi connectivity index (χ1v) is 11.5. The lowest BCUT2D eigenvalue weighted by Crippen LogP contribution is -2.49. The summed E-state index contributed by atoms with van der Waals surface area (Å²) in [5.74, 6) is -0.394. The smallest absolute Gasteiger partial charge is 0.319 e. The minimum absolute atomic E-state index is 0.0675. The van der Waals surface area contributed by atoms with Crippen LogP contribution in [0, 0.1) is 12.8 Å². The van der Waals surface area contributed by atoms with Gasteiger partial charge in [0.1, 0.15) is 11.0 Å². The van der Waals surface area contributed by atoms with Gasteiger partial charge in [0, 0.05) is 15.7 Å². The third-order valence-corrected chi connectivity index (χ3v) is 6.22. The number of aromatic nitrogens is 2. The van der Waals surface area contributed by atoms with Gasteiger partial charge in [-0.1, -0.05) is 71.8 Å². The molecule has 0 aliphatic rings. The zero-order valence-corrected chi connectivity index (χ0v) is 19.9. The van der Waals surface area contributed by atoms with E-state index in [0.29, 0.717) is 15.8 Å². The second kappa shape index (κ2) is 10.5. The van der Waals surface area contributed by atoms with Gasteiger partial charge in [0.25, 0.3) is 0 Å². The number of carbonyl (C=O) groups excluding carboxylic acids is 2. The van der Waals surface area contributed by atoms with E-state index in [-0.39, 0.29) is 11.8 Å². The number of halogens is 1. The summed E-state index contributed by atoms with van der Waals surface area (Å²) in [6.45, 7) is 5.84. The number of urea groups is 1. The fraction of sp³-hybridized carbons (Fsp3) is 0.273. The van der Waals surface area contributed by atoms with Crippen molar-refractivity contribution in [1.82, 2.24) is 15.5 Å². The number of nitrogens with zero attached hydrogens (tertiary/aromatic N) is 2. The fourth-order valence-electron chi connectivity index (χ4n) is 2.90. The van der Waals surface area contributed by atoms with Gasteiger partial charge in [-0.3, -0.25) is 10.1 Å². The predicted molar refractivity (Wildman–Crippen MR) is 128 cm³/mol. The van der Waals surface area contributed by atoms with Gasteiger partial charge >= 0.3 is 6.03 Å². The molecular weight excluding hydrogens is 478 g/mol. The van der Waals surface area contributed by atoms with Gasteiger partial charge in [-0.05, 0) is 42.7 Å². The number of hydrogen-bond donors (Lipinski definition) is 3. The number of nitrogens with one attached hydrogen (secondary N) is 3. The number of hydrogen-bond acceptors (Lipinski definition) is 5. The first-order valence-electron chi connectivity index (χ1n) is 9.90. The average Bonchev–Trinajstić information content (AvgIpc) is 3.20. The van der Waals surface area contributed by atoms with E-state index in [1.807, 2.05) is 63.2 Å². The van der Waals surface area contributed by atoms with Gasteiger partial charge in [-0.15, -0.1) is 10.2 Å². The number of rotatable bonds is 7. The van der Waals surface area contributed by atoms with Crippen LogP contribution in [0.1, 0.15) is 25.8 Å². The van der Waals surface area contributed by atoms with E-state index >= 15 is 0 Å². The molecule has 0 radical (unpaired) electrons. The number of anilines is 2. The topological polar surface area (TPSA) is 96.0 Å². The molecule has 1 heterocycles. The van der Waals surface area contributed by atoms with Crippen LogP contribution in [0.4, 0.5) is 15.6 Å². The van der Waals surface area contributed by atoms with Crippen molar-refractivity contribution < 1.29 is 9.59 Å². The Morgan fingerprint density at radius 1 is 1.10 bits per heavy atom. The predicted octanol–water partition coefficient (Wildman–Crippen LogP) is 5.45. The zero-order valence-electron chi connectivity index (χ0n) is 17.5. The highest BCUT2D eigenvalue weighted by Gasteiger charge is 2.27. The minimum atomic E-state index is -0.713. The molecule has 2 aromatic carbocycles. The van der Waals surface area contributed by atoms with Gasteiger partial charge in [-0.2, -0.15) is 0 Å². The van der Waals surface area contributed by atoms with E-state index in [1.165, 1.54) is 11.3 Å². The van der Waals surface area contributed by atoms with Crippen molar-refractivity contribution in [3.63, 3.8) is 0 Å². The normalized spacial score (nSPS) is 12.6. The molecule has 3 aromatic rings. The van der Waals surface area contributed by atoms with Crippen LogP contribution in [0.3, 0.4) is 0 Å². The molecular formula is C22H24BrN5O2S. The van der Waals surface area contributed by atoms with Gasteiger partial charge < -0.3 is 10.6 Å². The van der Waals surface area contributed by atoms with Crippen molar-refractivity contribution in [2.24, 2.45) is 5.92 Å². The van der Waals surface area contributed by atoms with Crippen LogP contribution in [0.15, 0.2) is 53.0 Å².